The van der Waals surface area contributed by atoms with Gasteiger partial charge >= 0.3 is 0 Å². The smallest absolute Gasteiger partial charge is 0.234 e. The van der Waals surface area contributed by atoms with Gasteiger partial charge in [-0.05, 0) is 5.92 Å². The number of nitrogens with one attached hydrogen (secondary N) is 1. The van der Waals surface area contributed by atoms with E-state index >= 15 is 0 Å². The molecule has 5 nitrogen and oxygen atoms in total. The molecule has 0 aliphatic heterocycles. The molecule has 1 amide bonds. The van der Waals surface area contributed by atoms with E-state index in [-0.39, 0.29) is 19.1 Å². The van der Waals surface area contributed by atoms with Crippen LogP contribution in [0, 0.1) is 5.92 Å². The van der Waals surface area contributed by atoms with E-state index in [4.69, 9.17) is 15.9 Å². The summed E-state index contributed by atoms with van der Waals surface area (Å²) in [5, 5.41) is 20.3. The van der Waals surface area contributed by atoms with Crippen LogP contribution < -0.4 is 11.1 Å². The lowest BCUT2D eigenvalue weighted by Crippen LogP contribution is -2.48. The van der Waals surface area contributed by atoms with Crippen molar-refractivity contribution in [1.29, 1.82) is 0 Å². The van der Waals surface area contributed by atoms with Crippen molar-refractivity contribution in [3.8, 4) is 0 Å². The van der Waals surface area contributed by atoms with E-state index in [2.05, 4.69) is 5.32 Å². The number of hydrogen-bond acceptors (Lipinski definition) is 4. The third-order valence-electron chi connectivity index (χ3n) is 1.76. The molecule has 13 heavy (non-hydrogen) atoms. The van der Waals surface area contributed by atoms with Crippen LogP contribution in [0.5, 0.6) is 0 Å². The number of carbonyl (C=O) groups is 1. The average Bonchev–Trinajstić information content (AvgIpc) is 2.03. The average molecular weight is 190 g/mol. The number of primary amides is 1. The van der Waals surface area contributed by atoms with E-state index in [1.807, 2.05) is 13.8 Å². The lowest BCUT2D eigenvalue weighted by molar-refractivity contribution is -0.121. The van der Waals surface area contributed by atoms with E-state index in [0.717, 1.165) is 0 Å². The van der Waals surface area contributed by atoms with Gasteiger partial charge in [-0.25, -0.2) is 0 Å². The summed E-state index contributed by atoms with van der Waals surface area (Å²) in [6.07, 6.45) is -0.847. The van der Waals surface area contributed by atoms with Gasteiger partial charge < -0.3 is 21.3 Å². The molecule has 0 aromatic heterocycles. The van der Waals surface area contributed by atoms with Gasteiger partial charge in [0, 0.05) is 6.54 Å². The number of nitrogens with two attached hydrogens (primary N) is 1. The van der Waals surface area contributed by atoms with Crippen molar-refractivity contribution in [2.24, 2.45) is 11.7 Å². The van der Waals surface area contributed by atoms with Gasteiger partial charge in [-0.1, -0.05) is 13.8 Å². The summed E-state index contributed by atoms with van der Waals surface area (Å²) in [6.45, 7) is 3.56. The summed E-state index contributed by atoms with van der Waals surface area (Å²) in [4.78, 5) is 10.9. The Labute approximate surface area is 77.9 Å². The van der Waals surface area contributed by atoms with Crippen LogP contribution >= 0.6 is 0 Å². The Balaban J connectivity index is 3.90. The number of carbonyl (C=O) groups excluding carboxylic acids is 1. The van der Waals surface area contributed by atoms with Crippen LogP contribution in [0.1, 0.15) is 13.8 Å². The molecule has 0 heterocycles. The molecule has 0 aliphatic rings. The minimum absolute atomic E-state index is 0.0726. The minimum Gasteiger partial charge on any atom is -0.394 e. The van der Waals surface area contributed by atoms with Crippen LogP contribution in [0.4, 0.5) is 0 Å². The first kappa shape index (κ1) is 12.3. The zero-order valence-electron chi connectivity index (χ0n) is 8.03. The van der Waals surface area contributed by atoms with Gasteiger partial charge in [0.15, 0.2) is 0 Å². The van der Waals surface area contributed by atoms with Crippen molar-refractivity contribution in [3.63, 3.8) is 0 Å². The summed E-state index contributed by atoms with van der Waals surface area (Å²) < 4.78 is 0. The fraction of sp³-hybridized carbons (Fsp3) is 0.875. The molecule has 0 bridgehead atoms. The maximum absolute atomic E-state index is 10.9. The summed E-state index contributed by atoms with van der Waals surface area (Å²) in [5.74, 6) is -0.372. The van der Waals surface area contributed by atoms with Crippen molar-refractivity contribution >= 4 is 5.91 Å². The highest BCUT2D eigenvalue weighted by molar-refractivity contribution is 5.80. The molecule has 0 aromatic carbocycles. The lowest BCUT2D eigenvalue weighted by Gasteiger charge is -2.20. The molecular weight excluding hydrogens is 172 g/mol. The van der Waals surface area contributed by atoms with Crippen molar-refractivity contribution in [2.45, 2.75) is 26.0 Å². The van der Waals surface area contributed by atoms with Gasteiger partial charge in [0.25, 0.3) is 0 Å². The second kappa shape index (κ2) is 5.90. The number of amides is 1. The number of aliphatic hydroxyl groups is 2. The zero-order chi connectivity index (χ0) is 10.4. The van der Waals surface area contributed by atoms with Gasteiger partial charge in [0.1, 0.15) is 0 Å². The molecule has 5 heteroatoms. The van der Waals surface area contributed by atoms with E-state index in [1.165, 1.54) is 0 Å². The third kappa shape index (κ3) is 4.82. The first-order chi connectivity index (χ1) is 5.99. The highest BCUT2D eigenvalue weighted by atomic mass is 16.3. The van der Waals surface area contributed by atoms with E-state index in [0.29, 0.717) is 0 Å². The number of aliphatic hydroxyl groups excluding tert-OH is 2. The van der Waals surface area contributed by atoms with E-state index in [1.54, 1.807) is 0 Å². The summed E-state index contributed by atoms with van der Waals surface area (Å²) >= 11 is 0. The highest BCUT2D eigenvalue weighted by Gasteiger charge is 2.19. The second-order valence-electron chi connectivity index (χ2n) is 3.37. The topological polar surface area (TPSA) is 95.6 Å². The largest absolute Gasteiger partial charge is 0.394 e. The molecule has 2 atom stereocenters. The minimum atomic E-state index is -0.847. The Morgan fingerprint density at radius 2 is 2.08 bits per heavy atom. The Morgan fingerprint density at radius 1 is 1.54 bits per heavy atom. The van der Waals surface area contributed by atoms with E-state index in [9.17, 15) is 4.79 Å². The van der Waals surface area contributed by atoms with Gasteiger partial charge in [-0.2, -0.15) is 0 Å². The van der Waals surface area contributed by atoms with Gasteiger partial charge in [0.05, 0.1) is 18.8 Å². The Morgan fingerprint density at radius 3 is 2.38 bits per heavy atom. The van der Waals surface area contributed by atoms with E-state index < -0.39 is 18.1 Å². The molecule has 0 fully saturated rings. The Hall–Kier alpha value is -0.650. The first-order valence-electron chi connectivity index (χ1n) is 4.30. The monoisotopic (exact) mass is 190 g/mol. The standard InChI is InChI=1S/C8H18N2O3/c1-5(2)7(8(9)13)10-3-6(12)4-11/h5-7,10-12H,3-4H2,1-2H3,(H2,9,13). The first-order valence-corrected chi connectivity index (χ1v) is 4.30. The van der Waals surface area contributed by atoms with Crippen molar-refractivity contribution in [1.82, 2.24) is 5.32 Å². The predicted octanol–water partition coefficient (Wildman–Crippen LogP) is -1.56. The fourth-order valence-corrected chi connectivity index (χ4v) is 0.992. The second-order valence-corrected chi connectivity index (χ2v) is 3.37. The third-order valence-corrected chi connectivity index (χ3v) is 1.76. The molecule has 2 unspecified atom stereocenters. The highest BCUT2D eigenvalue weighted by Crippen LogP contribution is 2.00. The quantitative estimate of drug-likeness (QED) is 0.407. The van der Waals surface area contributed by atoms with Crippen LogP contribution in [-0.2, 0) is 4.79 Å². The van der Waals surface area contributed by atoms with Crippen LogP contribution in [0.2, 0.25) is 0 Å². The lowest BCUT2D eigenvalue weighted by atomic mass is 10.0. The molecule has 0 saturated carbocycles. The molecule has 0 aliphatic carbocycles. The molecule has 5 N–H and O–H groups in total. The van der Waals surface area contributed by atoms with Crippen molar-refractivity contribution < 1.29 is 15.0 Å². The molecule has 0 aromatic rings. The molecule has 0 saturated heterocycles. The Bertz CT molecular complexity index is 161. The van der Waals surface area contributed by atoms with Crippen molar-refractivity contribution in [2.75, 3.05) is 13.2 Å². The normalized spacial score (nSPS) is 15.8. The number of rotatable bonds is 6. The predicted molar refractivity (Wildman–Crippen MR) is 48.9 cm³/mol. The fourth-order valence-electron chi connectivity index (χ4n) is 0.992. The van der Waals surface area contributed by atoms with Crippen LogP contribution in [0.3, 0.4) is 0 Å². The molecular formula is C8H18N2O3. The Kier molecular flexibility index (Phi) is 5.61. The van der Waals surface area contributed by atoms with Crippen LogP contribution in [0.25, 0.3) is 0 Å². The summed E-state index contributed by atoms with van der Waals surface area (Å²) in [7, 11) is 0. The van der Waals surface area contributed by atoms with Crippen LogP contribution in [0.15, 0.2) is 0 Å². The van der Waals surface area contributed by atoms with Gasteiger partial charge in [0.2, 0.25) is 5.91 Å². The van der Waals surface area contributed by atoms with Gasteiger partial charge in [-0.15, -0.1) is 0 Å². The molecule has 0 spiro atoms. The number of hydrogen-bond donors (Lipinski definition) is 4. The molecule has 0 rings (SSSR count). The van der Waals surface area contributed by atoms with Crippen LogP contribution in [-0.4, -0.2) is 41.4 Å². The molecule has 0 radical (unpaired) electrons. The summed E-state index contributed by atoms with van der Waals surface area (Å²) in [6, 6.07) is -0.457. The SMILES string of the molecule is CC(C)C(NCC(O)CO)C(N)=O. The maximum atomic E-state index is 10.9. The summed E-state index contributed by atoms with van der Waals surface area (Å²) in [5.41, 5.74) is 5.12. The maximum Gasteiger partial charge on any atom is 0.234 e. The van der Waals surface area contributed by atoms with Crippen molar-refractivity contribution in [3.05, 3.63) is 0 Å². The molecule has 78 valence electrons. The van der Waals surface area contributed by atoms with Gasteiger partial charge in [-0.3, -0.25) is 4.79 Å². The zero-order valence-corrected chi connectivity index (χ0v) is 8.03.